The molecule has 0 saturated carbocycles. The van der Waals surface area contributed by atoms with Crippen LogP contribution in [-0.2, 0) is 27.3 Å². The van der Waals surface area contributed by atoms with Crippen molar-refractivity contribution in [2.45, 2.75) is 52.1 Å². The van der Waals surface area contributed by atoms with Gasteiger partial charge in [0.2, 0.25) is 5.91 Å². The van der Waals surface area contributed by atoms with Crippen molar-refractivity contribution in [2.24, 2.45) is 0 Å². The maximum atomic E-state index is 13.7. The number of nitrogens with zero attached hydrogens (tertiary/aromatic N) is 2. The predicted molar refractivity (Wildman–Crippen MR) is 127 cm³/mol. The lowest BCUT2D eigenvalue weighted by molar-refractivity contribution is -0.144. The van der Waals surface area contributed by atoms with Gasteiger partial charge in [0.25, 0.3) is 0 Å². The van der Waals surface area contributed by atoms with Gasteiger partial charge in [0.05, 0.1) is 37.0 Å². The van der Waals surface area contributed by atoms with E-state index in [2.05, 4.69) is 21.2 Å². The minimum atomic E-state index is -0.302. The second-order valence-electron chi connectivity index (χ2n) is 8.00. The summed E-state index contributed by atoms with van der Waals surface area (Å²) in [6, 6.07) is 11.2. The molecule has 4 rings (SSSR count). The zero-order valence-electron chi connectivity index (χ0n) is 18.2. The smallest absolute Gasteiger partial charge is 0.329 e. The highest BCUT2D eigenvalue weighted by Crippen LogP contribution is 2.32. The van der Waals surface area contributed by atoms with Crippen molar-refractivity contribution < 1.29 is 14.3 Å². The van der Waals surface area contributed by atoms with Crippen molar-refractivity contribution in [2.75, 3.05) is 11.9 Å². The second-order valence-corrected chi connectivity index (χ2v) is 8.91. The number of esters is 1. The van der Waals surface area contributed by atoms with Crippen molar-refractivity contribution in [1.29, 1.82) is 0 Å². The highest BCUT2D eigenvalue weighted by Gasteiger charge is 2.25. The van der Waals surface area contributed by atoms with E-state index < -0.39 is 0 Å². The summed E-state index contributed by atoms with van der Waals surface area (Å²) in [6.07, 6.45) is 1.98. The van der Waals surface area contributed by atoms with Gasteiger partial charge in [-0.2, -0.15) is 0 Å². The van der Waals surface area contributed by atoms with Gasteiger partial charge >= 0.3 is 11.7 Å². The van der Waals surface area contributed by atoms with Gasteiger partial charge in [0.1, 0.15) is 0 Å². The molecule has 32 heavy (non-hydrogen) atoms. The molecule has 168 valence electrons. The molecule has 1 aliphatic rings. The number of carbonyl (C=O) groups excluding carboxylic acids is 2. The minimum Gasteiger partial charge on any atom is -0.466 e. The molecule has 2 aromatic carbocycles. The molecule has 1 N–H and O–H groups in total. The maximum absolute atomic E-state index is 13.7. The molecule has 1 aliphatic heterocycles. The molecular weight excluding hydrogens is 474 g/mol. The van der Waals surface area contributed by atoms with E-state index in [1.165, 1.54) is 0 Å². The first kappa shape index (κ1) is 22.3. The van der Waals surface area contributed by atoms with Crippen molar-refractivity contribution in [3.05, 3.63) is 62.5 Å². The number of anilines is 1. The second kappa shape index (κ2) is 9.32. The third-order valence-electron chi connectivity index (χ3n) is 5.81. The van der Waals surface area contributed by atoms with Gasteiger partial charge in [-0.05, 0) is 48.7 Å². The Hall–Kier alpha value is -2.87. The van der Waals surface area contributed by atoms with E-state index in [4.69, 9.17) is 4.74 Å². The van der Waals surface area contributed by atoms with Crippen molar-refractivity contribution >= 4 is 44.5 Å². The number of hydrogen-bond donors (Lipinski definition) is 1. The van der Waals surface area contributed by atoms with E-state index >= 15 is 0 Å². The Labute approximate surface area is 194 Å². The Bertz CT molecular complexity index is 1240. The molecule has 1 unspecified atom stereocenters. The number of aromatic nitrogens is 2. The Morgan fingerprint density at radius 2 is 1.94 bits per heavy atom. The summed E-state index contributed by atoms with van der Waals surface area (Å²) >= 11 is 3.51. The summed E-state index contributed by atoms with van der Waals surface area (Å²) in [5.41, 5.74) is 4.03. The molecular formula is C24H26BrN3O4. The first-order valence-corrected chi connectivity index (χ1v) is 11.7. The van der Waals surface area contributed by atoms with Crippen molar-refractivity contribution in [3.8, 4) is 0 Å². The van der Waals surface area contributed by atoms with Crippen LogP contribution < -0.4 is 11.0 Å². The molecule has 1 aromatic heterocycles. The lowest BCUT2D eigenvalue weighted by Crippen LogP contribution is -2.29. The summed E-state index contributed by atoms with van der Waals surface area (Å²) in [6.45, 7) is 4.47. The molecule has 1 atom stereocenters. The first-order chi connectivity index (χ1) is 15.4. The van der Waals surface area contributed by atoms with Crippen LogP contribution in [0.25, 0.3) is 11.0 Å². The molecule has 8 heteroatoms. The Balaban J connectivity index is 1.81. The van der Waals surface area contributed by atoms with Crippen molar-refractivity contribution in [1.82, 2.24) is 9.13 Å². The fourth-order valence-corrected chi connectivity index (χ4v) is 4.99. The molecule has 1 amide bonds. The molecule has 0 bridgehead atoms. The number of ether oxygens (including phenoxy) is 1. The molecule has 0 saturated heterocycles. The Kier molecular flexibility index (Phi) is 6.50. The largest absolute Gasteiger partial charge is 0.466 e. The summed E-state index contributed by atoms with van der Waals surface area (Å²) in [4.78, 5) is 37.9. The van der Waals surface area contributed by atoms with E-state index in [0.29, 0.717) is 26.0 Å². The van der Waals surface area contributed by atoms with E-state index in [9.17, 15) is 14.4 Å². The normalized spacial score (nSPS) is 13.8. The number of halogens is 1. The summed E-state index contributed by atoms with van der Waals surface area (Å²) in [5.74, 6) is -0.351. The Morgan fingerprint density at radius 3 is 2.66 bits per heavy atom. The number of fused-ring (bicyclic) bond motifs is 2. The fourth-order valence-electron chi connectivity index (χ4n) is 4.49. The topological polar surface area (TPSA) is 82.3 Å². The lowest BCUT2D eigenvalue weighted by atomic mass is 10.0. The first-order valence-electron chi connectivity index (χ1n) is 10.9. The zero-order valence-corrected chi connectivity index (χ0v) is 19.8. The number of nitrogens with one attached hydrogen (secondary N) is 1. The van der Waals surface area contributed by atoms with E-state index in [1.807, 2.05) is 43.3 Å². The van der Waals surface area contributed by atoms with Gasteiger partial charge in [-0.15, -0.1) is 0 Å². The molecule has 2 heterocycles. The molecule has 0 aliphatic carbocycles. The van der Waals surface area contributed by atoms with Crippen LogP contribution in [0.4, 0.5) is 5.69 Å². The average molecular weight is 500 g/mol. The summed E-state index contributed by atoms with van der Waals surface area (Å²) < 4.78 is 9.47. The average Bonchev–Trinajstić information content (AvgIpc) is 3.25. The maximum Gasteiger partial charge on any atom is 0.329 e. The van der Waals surface area contributed by atoms with Crippen LogP contribution in [0.5, 0.6) is 0 Å². The van der Waals surface area contributed by atoms with Crippen LogP contribution >= 0.6 is 15.9 Å². The standard InChI is InChI=1S/C24H26BrN3O4/c1-3-7-17(12-23(30)32-4-2)28-21-9-6-5-8-20(21)27(24(28)31)14-15-10-16(25)11-19-18(15)13-22(29)26-19/h5-6,8-11,17H,3-4,7,12-14H2,1-2H3,(H,26,29). The monoisotopic (exact) mass is 499 g/mol. The number of benzene rings is 2. The number of para-hydroxylation sites is 2. The van der Waals surface area contributed by atoms with Gasteiger partial charge < -0.3 is 10.1 Å². The fraction of sp³-hybridized carbons (Fsp3) is 0.375. The number of amides is 1. The molecule has 7 nitrogen and oxygen atoms in total. The highest BCUT2D eigenvalue weighted by molar-refractivity contribution is 9.10. The minimum absolute atomic E-state index is 0.0495. The number of carbonyl (C=O) groups is 2. The van der Waals surface area contributed by atoms with Gasteiger partial charge in [-0.25, -0.2) is 4.79 Å². The van der Waals surface area contributed by atoms with Crippen molar-refractivity contribution in [3.63, 3.8) is 0 Å². The van der Waals surface area contributed by atoms with Gasteiger partial charge in [-0.1, -0.05) is 41.4 Å². The number of rotatable bonds is 8. The van der Waals surface area contributed by atoms with Crippen LogP contribution in [0.3, 0.4) is 0 Å². The van der Waals surface area contributed by atoms with Crippen LogP contribution in [0.15, 0.2) is 45.7 Å². The third-order valence-corrected chi connectivity index (χ3v) is 6.27. The molecule has 0 fully saturated rings. The van der Waals surface area contributed by atoms with Crippen LogP contribution in [0, 0.1) is 0 Å². The predicted octanol–water partition coefficient (Wildman–Crippen LogP) is 4.40. The molecule has 0 radical (unpaired) electrons. The highest BCUT2D eigenvalue weighted by atomic mass is 79.9. The molecule has 0 spiro atoms. The number of hydrogen-bond acceptors (Lipinski definition) is 4. The summed E-state index contributed by atoms with van der Waals surface area (Å²) in [7, 11) is 0. The van der Waals surface area contributed by atoms with E-state index in [-0.39, 0.29) is 30.0 Å². The van der Waals surface area contributed by atoms with E-state index in [0.717, 1.165) is 38.7 Å². The summed E-state index contributed by atoms with van der Waals surface area (Å²) in [5, 5.41) is 2.88. The SMILES string of the molecule is CCCC(CC(=O)OCC)n1c(=O)n(Cc2cc(Br)cc3c2CC(=O)N3)c2ccccc21. The van der Waals surface area contributed by atoms with Crippen LogP contribution in [-0.4, -0.2) is 27.6 Å². The third kappa shape index (κ3) is 4.24. The van der Waals surface area contributed by atoms with Gasteiger partial charge in [0.15, 0.2) is 0 Å². The van der Waals surface area contributed by atoms with Gasteiger partial charge in [0, 0.05) is 16.2 Å². The van der Waals surface area contributed by atoms with Crippen LogP contribution in [0.1, 0.15) is 50.3 Å². The zero-order chi connectivity index (χ0) is 22.8. The van der Waals surface area contributed by atoms with Gasteiger partial charge in [-0.3, -0.25) is 18.7 Å². The van der Waals surface area contributed by atoms with E-state index in [1.54, 1.807) is 16.1 Å². The number of imidazole rings is 1. The quantitative estimate of drug-likeness (QED) is 0.465. The van der Waals surface area contributed by atoms with Crippen LogP contribution in [0.2, 0.25) is 0 Å². The Morgan fingerprint density at radius 1 is 1.19 bits per heavy atom. The molecule has 3 aromatic rings. The lowest BCUT2D eigenvalue weighted by Gasteiger charge is -2.17.